The van der Waals surface area contributed by atoms with Crippen molar-refractivity contribution < 1.29 is 42.1 Å². The van der Waals surface area contributed by atoms with Crippen LogP contribution in [0.3, 0.4) is 0 Å². The average molecular weight is 810 g/mol. The molecule has 3 saturated heterocycles. The van der Waals surface area contributed by atoms with Crippen LogP contribution in [-0.2, 0) is 16.1 Å². The van der Waals surface area contributed by atoms with E-state index in [1.54, 1.807) is 42.5 Å². The minimum Gasteiger partial charge on any atom is -0.508 e. The summed E-state index contributed by atoms with van der Waals surface area (Å²) < 4.78 is 57.3. The zero-order valence-electron chi connectivity index (χ0n) is 32.8. The van der Waals surface area contributed by atoms with Crippen molar-refractivity contribution in [2.75, 3.05) is 69.3 Å². The molecule has 9 rings (SSSR count). The van der Waals surface area contributed by atoms with Crippen LogP contribution in [0.5, 0.6) is 17.2 Å². The third-order valence-electron chi connectivity index (χ3n) is 12.9. The van der Waals surface area contributed by atoms with Crippen molar-refractivity contribution in [3.05, 3.63) is 112 Å². The van der Waals surface area contributed by atoms with Crippen molar-refractivity contribution in [1.82, 2.24) is 15.1 Å². The van der Waals surface area contributed by atoms with Crippen molar-refractivity contribution in [1.29, 1.82) is 0 Å². The fourth-order valence-corrected chi connectivity index (χ4v) is 9.69. The molecule has 0 spiro atoms. The van der Waals surface area contributed by atoms with Crippen LogP contribution in [0.15, 0.2) is 66.7 Å². The molecule has 3 atom stereocenters. The molecular formula is C45H46F3N5O6. The SMILES string of the molecule is COc1cc([C@@H]2COc3cc(O)ccc3[C@@H]2c2ccc(N3CCC(CN4CCN(c5cc6c(cc5F)C(=O)N([C@H]5CCC(=O)NC5=O)C6)CC4)CC3)c(F)c2)ccc1F. The Kier molecular flexibility index (Phi) is 10.4. The maximum Gasteiger partial charge on any atom is 0.255 e. The highest BCUT2D eigenvalue weighted by molar-refractivity contribution is 6.05. The largest absolute Gasteiger partial charge is 0.508 e. The number of methoxy groups -OCH3 is 1. The number of imide groups is 1. The highest BCUT2D eigenvalue weighted by Gasteiger charge is 2.40. The van der Waals surface area contributed by atoms with Gasteiger partial charge in [0.25, 0.3) is 5.91 Å². The van der Waals surface area contributed by atoms with Crippen LogP contribution in [0.1, 0.15) is 70.1 Å². The Morgan fingerprint density at radius 3 is 2.29 bits per heavy atom. The third-order valence-corrected chi connectivity index (χ3v) is 12.9. The Morgan fingerprint density at radius 1 is 0.797 bits per heavy atom. The van der Waals surface area contributed by atoms with Gasteiger partial charge in [-0.05, 0) is 84.3 Å². The molecule has 5 aliphatic rings. The van der Waals surface area contributed by atoms with E-state index in [-0.39, 0.29) is 66.6 Å². The number of carbonyl (C=O) groups excluding carboxylic acids is 3. The minimum atomic E-state index is -0.749. The number of halogens is 3. The number of nitrogens with zero attached hydrogens (tertiary/aromatic N) is 4. The van der Waals surface area contributed by atoms with E-state index in [1.165, 1.54) is 24.1 Å². The van der Waals surface area contributed by atoms with Gasteiger partial charge in [-0.25, -0.2) is 13.2 Å². The molecule has 0 unspecified atom stereocenters. The van der Waals surface area contributed by atoms with E-state index in [9.17, 15) is 23.9 Å². The highest BCUT2D eigenvalue weighted by Crippen LogP contribution is 2.48. The molecule has 11 nitrogen and oxygen atoms in total. The third kappa shape index (κ3) is 7.43. The predicted molar refractivity (Wildman–Crippen MR) is 214 cm³/mol. The van der Waals surface area contributed by atoms with Crippen LogP contribution in [0.25, 0.3) is 0 Å². The maximum atomic E-state index is 16.2. The van der Waals surface area contributed by atoms with Crippen molar-refractivity contribution in [2.24, 2.45) is 5.92 Å². The Bertz CT molecular complexity index is 2310. The molecule has 14 heteroatoms. The van der Waals surface area contributed by atoms with Crippen LogP contribution in [0.2, 0.25) is 0 Å². The fourth-order valence-electron chi connectivity index (χ4n) is 9.69. The molecule has 0 aromatic heterocycles. The number of hydrogen-bond donors (Lipinski definition) is 2. The number of phenolic OH excluding ortho intramolecular Hbond substituents is 1. The molecule has 0 bridgehead atoms. The average Bonchev–Trinajstić information content (AvgIpc) is 3.54. The summed E-state index contributed by atoms with van der Waals surface area (Å²) in [6, 6.07) is 17.4. The second-order valence-electron chi connectivity index (χ2n) is 16.3. The molecule has 0 saturated carbocycles. The molecule has 0 aliphatic carbocycles. The number of nitrogens with one attached hydrogen (secondary N) is 1. The van der Waals surface area contributed by atoms with Gasteiger partial charge in [-0.3, -0.25) is 24.6 Å². The Morgan fingerprint density at radius 2 is 1.54 bits per heavy atom. The van der Waals surface area contributed by atoms with Crippen LogP contribution >= 0.6 is 0 Å². The highest BCUT2D eigenvalue weighted by atomic mass is 19.1. The Hall–Kier alpha value is -5.76. The van der Waals surface area contributed by atoms with Gasteiger partial charge in [-0.1, -0.05) is 18.2 Å². The number of hydrogen-bond acceptors (Lipinski definition) is 9. The molecule has 59 heavy (non-hydrogen) atoms. The van der Waals surface area contributed by atoms with Crippen molar-refractivity contribution in [2.45, 2.75) is 50.1 Å². The normalized spacial score (nSPS) is 22.5. The molecule has 3 amide bonds. The van der Waals surface area contributed by atoms with Crippen LogP contribution < -0.4 is 24.6 Å². The molecule has 5 heterocycles. The number of phenols is 1. The summed E-state index contributed by atoms with van der Waals surface area (Å²) in [5, 5.41) is 12.5. The molecule has 2 N–H and O–H groups in total. The molecule has 0 radical (unpaired) electrons. The Labute approximate surface area is 340 Å². The zero-order chi connectivity index (χ0) is 40.9. The Balaban J connectivity index is 0.815. The second kappa shape index (κ2) is 15.8. The van der Waals surface area contributed by atoms with Crippen LogP contribution in [0, 0.1) is 23.4 Å². The summed E-state index contributed by atoms with van der Waals surface area (Å²) >= 11 is 0. The van der Waals surface area contributed by atoms with E-state index in [1.807, 2.05) is 17.0 Å². The summed E-state index contributed by atoms with van der Waals surface area (Å²) in [5.74, 6) is -1.90. The lowest BCUT2D eigenvalue weighted by molar-refractivity contribution is -0.136. The quantitative estimate of drug-likeness (QED) is 0.209. The van der Waals surface area contributed by atoms with Gasteiger partial charge in [0.2, 0.25) is 11.8 Å². The summed E-state index contributed by atoms with van der Waals surface area (Å²) in [6.07, 6.45) is 2.23. The van der Waals surface area contributed by atoms with E-state index in [2.05, 4.69) is 15.1 Å². The van der Waals surface area contributed by atoms with Crippen molar-refractivity contribution in [3.63, 3.8) is 0 Å². The molecule has 4 aromatic carbocycles. The van der Waals surface area contributed by atoms with E-state index in [4.69, 9.17) is 9.47 Å². The lowest BCUT2D eigenvalue weighted by Gasteiger charge is -2.40. The zero-order valence-corrected chi connectivity index (χ0v) is 32.8. The van der Waals surface area contributed by atoms with E-state index < -0.39 is 29.5 Å². The summed E-state index contributed by atoms with van der Waals surface area (Å²) in [5.41, 5.74) is 4.32. The number of carbonyl (C=O) groups is 3. The first kappa shape index (κ1) is 38.7. The standard InChI is InChI=1S/C45H46F3N5O6/c1-58-41-20-27(2-6-34(41)46)33-25-59-40-21-30(54)4-5-31(40)43(33)28-3-7-37(35(47)18-28)51-12-10-26(11-13-51)23-50-14-16-52(17-15-50)39-19-29-24-53(45(57)32(29)22-36(39)48)38-8-9-42(55)49-44(38)56/h2-7,18-22,26,33,38,43,54H,8-17,23-25H2,1H3,(H,49,55,56)/t33-,38-,43-/m0/s1. The topological polar surface area (TPSA) is 115 Å². The second-order valence-corrected chi connectivity index (χ2v) is 16.3. The lowest BCUT2D eigenvalue weighted by Crippen LogP contribution is -2.52. The van der Waals surface area contributed by atoms with Gasteiger partial charge in [0.15, 0.2) is 11.6 Å². The van der Waals surface area contributed by atoms with Gasteiger partial charge in [0.1, 0.15) is 29.2 Å². The van der Waals surface area contributed by atoms with E-state index in [0.29, 0.717) is 54.8 Å². The number of aromatic hydroxyl groups is 1. The minimum absolute atomic E-state index is 0.0735. The number of ether oxygens (including phenoxy) is 2. The maximum absolute atomic E-state index is 16.2. The summed E-state index contributed by atoms with van der Waals surface area (Å²) in [6.45, 7) is 5.56. The monoisotopic (exact) mass is 809 g/mol. The smallest absolute Gasteiger partial charge is 0.255 e. The number of benzene rings is 4. The first-order valence-corrected chi connectivity index (χ1v) is 20.3. The van der Waals surface area contributed by atoms with E-state index in [0.717, 1.165) is 49.2 Å². The summed E-state index contributed by atoms with van der Waals surface area (Å²) in [4.78, 5) is 45.2. The van der Waals surface area contributed by atoms with Gasteiger partial charge in [-0.2, -0.15) is 0 Å². The van der Waals surface area contributed by atoms with Gasteiger partial charge >= 0.3 is 0 Å². The number of fused-ring (bicyclic) bond motifs is 2. The first-order valence-electron chi connectivity index (χ1n) is 20.3. The lowest BCUT2D eigenvalue weighted by atomic mass is 9.75. The van der Waals surface area contributed by atoms with Gasteiger partial charge in [0, 0.05) is 87.8 Å². The molecule has 5 aliphatic heterocycles. The predicted octanol–water partition coefficient (Wildman–Crippen LogP) is 5.93. The fraction of sp³-hybridized carbons (Fsp3) is 0.400. The van der Waals surface area contributed by atoms with Crippen molar-refractivity contribution >= 4 is 29.1 Å². The number of piperidine rings is 2. The van der Waals surface area contributed by atoms with Gasteiger partial charge in [0.05, 0.1) is 25.1 Å². The molecule has 3 fully saturated rings. The number of amides is 3. The van der Waals surface area contributed by atoms with Gasteiger partial charge in [-0.15, -0.1) is 0 Å². The number of piperazine rings is 1. The number of rotatable bonds is 8. The molecule has 308 valence electrons. The van der Waals surface area contributed by atoms with E-state index >= 15 is 8.78 Å². The summed E-state index contributed by atoms with van der Waals surface area (Å²) in [7, 11) is 1.42. The van der Waals surface area contributed by atoms with Crippen LogP contribution in [0.4, 0.5) is 24.5 Å². The van der Waals surface area contributed by atoms with Crippen LogP contribution in [-0.4, -0.2) is 98.2 Å². The molecule has 4 aromatic rings. The number of anilines is 2. The molecular weight excluding hydrogens is 764 g/mol. The first-order chi connectivity index (χ1) is 28.5. The van der Waals surface area contributed by atoms with Gasteiger partial charge < -0.3 is 29.3 Å². The van der Waals surface area contributed by atoms with Crippen molar-refractivity contribution in [3.8, 4) is 17.2 Å².